The molecule has 0 saturated carbocycles. The first kappa shape index (κ1) is 17.2. The van der Waals surface area contributed by atoms with E-state index in [1.165, 1.54) is 35.2 Å². The van der Waals surface area contributed by atoms with E-state index in [9.17, 15) is 4.79 Å². The van der Waals surface area contributed by atoms with Crippen LogP contribution in [-0.4, -0.2) is 18.0 Å². The van der Waals surface area contributed by atoms with Crippen LogP contribution in [0.3, 0.4) is 0 Å². The number of aromatic amines is 1. The van der Waals surface area contributed by atoms with Crippen molar-refractivity contribution in [1.82, 2.24) is 10.3 Å². The summed E-state index contributed by atoms with van der Waals surface area (Å²) in [5, 5.41) is 3.07. The number of H-pyrrole nitrogens is 1. The maximum absolute atomic E-state index is 12.9. The molecule has 0 spiro atoms. The molecule has 1 aromatic carbocycles. The van der Waals surface area contributed by atoms with Crippen LogP contribution in [0.5, 0.6) is 5.75 Å². The molecule has 3 aromatic rings. The normalized spacial score (nSPS) is 14.1. The molecular formula is C21H24N2O2S. The Hall–Kier alpha value is -2.27. The first-order valence-electron chi connectivity index (χ1n) is 9.21. The maximum atomic E-state index is 12.9. The molecule has 1 aliphatic carbocycles. The molecule has 0 bridgehead atoms. The summed E-state index contributed by atoms with van der Waals surface area (Å²) in [5.74, 6) is 0.798. The van der Waals surface area contributed by atoms with E-state index >= 15 is 0 Å². The summed E-state index contributed by atoms with van der Waals surface area (Å²) in [7, 11) is 1.65. The molecule has 1 amide bonds. The molecule has 4 nitrogen and oxygen atoms in total. The molecule has 2 N–H and O–H groups in total. The fourth-order valence-corrected chi connectivity index (χ4v) is 5.03. The van der Waals surface area contributed by atoms with Gasteiger partial charge in [-0.25, -0.2) is 0 Å². The van der Waals surface area contributed by atoms with Gasteiger partial charge in [-0.1, -0.05) is 18.6 Å². The van der Waals surface area contributed by atoms with E-state index in [1.807, 2.05) is 31.2 Å². The third kappa shape index (κ3) is 3.12. The number of amides is 1. The van der Waals surface area contributed by atoms with Crippen molar-refractivity contribution < 1.29 is 9.53 Å². The zero-order valence-corrected chi connectivity index (χ0v) is 16.1. The molecule has 2 aromatic heterocycles. The predicted molar refractivity (Wildman–Crippen MR) is 106 cm³/mol. The van der Waals surface area contributed by atoms with E-state index in [2.05, 4.69) is 10.3 Å². The van der Waals surface area contributed by atoms with Crippen LogP contribution >= 0.6 is 11.3 Å². The summed E-state index contributed by atoms with van der Waals surface area (Å²) in [6.07, 6.45) is 5.99. The summed E-state index contributed by atoms with van der Waals surface area (Å²) in [6, 6.07) is 7.79. The number of carbonyl (C=O) groups excluding carboxylic acids is 1. The lowest BCUT2D eigenvalue weighted by Crippen LogP contribution is -2.23. The summed E-state index contributed by atoms with van der Waals surface area (Å²) in [5.41, 5.74) is 5.65. The zero-order valence-electron chi connectivity index (χ0n) is 15.3. The Labute approximate surface area is 157 Å². The van der Waals surface area contributed by atoms with E-state index in [0.29, 0.717) is 6.54 Å². The summed E-state index contributed by atoms with van der Waals surface area (Å²) in [4.78, 5) is 17.6. The highest BCUT2D eigenvalue weighted by molar-refractivity contribution is 7.19. The molecule has 0 unspecified atom stereocenters. The average molecular weight is 369 g/mol. The number of aryl methyl sites for hydroxylation is 3. The van der Waals surface area contributed by atoms with E-state index in [4.69, 9.17) is 4.74 Å². The van der Waals surface area contributed by atoms with Crippen molar-refractivity contribution in [3.63, 3.8) is 0 Å². The second-order valence-corrected chi connectivity index (χ2v) is 8.14. The second kappa shape index (κ2) is 7.16. The van der Waals surface area contributed by atoms with Crippen LogP contribution in [0.2, 0.25) is 0 Å². The van der Waals surface area contributed by atoms with Gasteiger partial charge in [0.2, 0.25) is 0 Å². The highest BCUT2D eigenvalue weighted by Gasteiger charge is 2.23. The summed E-state index contributed by atoms with van der Waals surface area (Å²) < 4.78 is 6.53. The maximum Gasteiger partial charge on any atom is 0.254 e. The van der Waals surface area contributed by atoms with Gasteiger partial charge in [0, 0.05) is 17.1 Å². The lowest BCUT2D eigenvalue weighted by atomic mass is 10.1. The van der Waals surface area contributed by atoms with Gasteiger partial charge in [-0.15, -0.1) is 11.3 Å². The van der Waals surface area contributed by atoms with Crippen molar-refractivity contribution in [2.75, 3.05) is 7.11 Å². The first-order chi connectivity index (χ1) is 12.7. The third-order valence-corrected chi connectivity index (χ3v) is 6.33. The Morgan fingerprint density at radius 2 is 2.12 bits per heavy atom. The third-order valence-electron chi connectivity index (χ3n) is 5.17. The van der Waals surface area contributed by atoms with Crippen molar-refractivity contribution in [2.24, 2.45) is 0 Å². The fourth-order valence-electron chi connectivity index (χ4n) is 3.82. The summed E-state index contributed by atoms with van der Waals surface area (Å²) >= 11 is 1.75. The number of methoxy groups -OCH3 is 1. The second-order valence-electron chi connectivity index (χ2n) is 6.91. The van der Waals surface area contributed by atoms with Gasteiger partial charge < -0.3 is 15.0 Å². The standard InChI is InChI=1S/C21H24N2O2S/c1-13-18(21(24)22-12-14-7-6-8-15(11-14)25-2)19-20(26-13)16-9-4-3-5-10-17(16)23-19/h6-8,11,23H,3-5,9-10,12H2,1-2H3,(H,22,24). The highest BCUT2D eigenvalue weighted by atomic mass is 32.1. The molecule has 0 fully saturated rings. The van der Waals surface area contributed by atoms with Crippen LogP contribution in [-0.2, 0) is 19.4 Å². The monoisotopic (exact) mass is 368 g/mol. The van der Waals surface area contributed by atoms with Gasteiger partial charge in [0.15, 0.2) is 0 Å². The predicted octanol–water partition coefficient (Wildman–Crippen LogP) is 4.75. The Kier molecular flexibility index (Phi) is 4.72. The minimum atomic E-state index is -0.00650. The van der Waals surface area contributed by atoms with E-state index in [0.717, 1.165) is 40.1 Å². The number of thiophene rings is 1. The number of fused-ring (bicyclic) bond motifs is 3. The molecule has 1 aliphatic rings. The number of ether oxygens (including phenoxy) is 1. The van der Waals surface area contributed by atoms with E-state index in [1.54, 1.807) is 18.4 Å². The highest BCUT2D eigenvalue weighted by Crippen LogP contribution is 2.37. The van der Waals surface area contributed by atoms with E-state index < -0.39 is 0 Å². The van der Waals surface area contributed by atoms with Crippen molar-refractivity contribution in [1.29, 1.82) is 0 Å². The first-order valence-corrected chi connectivity index (χ1v) is 10.0. The lowest BCUT2D eigenvalue weighted by Gasteiger charge is -2.07. The Balaban J connectivity index is 1.59. The largest absolute Gasteiger partial charge is 0.497 e. The van der Waals surface area contributed by atoms with Gasteiger partial charge in [0.25, 0.3) is 5.91 Å². The van der Waals surface area contributed by atoms with Crippen molar-refractivity contribution in [3.8, 4) is 5.75 Å². The number of aromatic nitrogens is 1. The molecule has 2 heterocycles. The topological polar surface area (TPSA) is 54.1 Å². The average Bonchev–Trinajstić information content (AvgIpc) is 3.03. The van der Waals surface area contributed by atoms with Gasteiger partial charge in [-0.3, -0.25) is 4.79 Å². The Morgan fingerprint density at radius 1 is 1.27 bits per heavy atom. The Morgan fingerprint density at radius 3 is 2.96 bits per heavy atom. The number of benzene rings is 1. The van der Waals surface area contributed by atoms with Crippen LogP contribution in [0.15, 0.2) is 24.3 Å². The van der Waals surface area contributed by atoms with Crippen molar-refractivity contribution >= 4 is 27.5 Å². The van der Waals surface area contributed by atoms with Crippen LogP contribution in [0, 0.1) is 6.92 Å². The zero-order chi connectivity index (χ0) is 18.1. The SMILES string of the molecule is COc1cccc(CNC(=O)c2c(C)sc3c4c([nH]c23)CCCCC4)c1. The van der Waals surface area contributed by atoms with Gasteiger partial charge in [-0.2, -0.15) is 0 Å². The minimum absolute atomic E-state index is 0.00650. The number of hydrogen-bond acceptors (Lipinski definition) is 3. The molecule has 0 atom stereocenters. The van der Waals surface area contributed by atoms with Gasteiger partial charge in [0.1, 0.15) is 5.75 Å². The molecule has 26 heavy (non-hydrogen) atoms. The molecule has 0 aliphatic heterocycles. The molecule has 0 radical (unpaired) electrons. The molecule has 5 heteroatoms. The Bertz CT molecular complexity index is 954. The summed E-state index contributed by atoms with van der Waals surface area (Å²) in [6.45, 7) is 2.54. The molecule has 4 rings (SSSR count). The van der Waals surface area contributed by atoms with Crippen LogP contribution in [0.25, 0.3) is 10.2 Å². The number of hydrogen-bond donors (Lipinski definition) is 2. The quantitative estimate of drug-likeness (QED) is 0.653. The minimum Gasteiger partial charge on any atom is -0.497 e. The van der Waals surface area contributed by atoms with Gasteiger partial charge in [-0.05, 0) is 55.9 Å². The van der Waals surface area contributed by atoms with Gasteiger partial charge in [0.05, 0.1) is 22.9 Å². The van der Waals surface area contributed by atoms with Gasteiger partial charge >= 0.3 is 0 Å². The molecule has 0 saturated heterocycles. The molecule has 136 valence electrons. The number of rotatable bonds is 4. The number of carbonyl (C=O) groups is 1. The molecular weight excluding hydrogens is 344 g/mol. The van der Waals surface area contributed by atoms with Crippen LogP contribution in [0.1, 0.15) is 51.3 Å². The van der Waals surface area contributed by atoms with Crippen molar-refractivity contribution in [3.05, 3.63) is 51.5 Å². The van der Waals surface area contributed by atoms with Crippen LogP contribution in [0.4, 0.5) is 0 Å². The van der Waals surface area contributed by atoms with Crippen molar-refractivity contribution in [2.45, 2.75) is 45.6 Å². The van der Waals surface area contributed by atoms with E-state index in [-0.39, 0.29) is 5.91 Å². The fraction of sp³-hybridized carbons (Fsp3) is 0.381. The number of nitrogens with one attached hydrogen (secondary N) is 2. The smallest absolute Gasteiger partial charge is 0.254 e. The lowest BCUT2D eigenvalue weighted by molar-refractivity contribution is 0.0952. The van der Waals surface area contributed by atoms with Crippen LogP contribution < -0.4 is 10.1 Å².